The quantitative estimate of drug-likeness (QED) is 0.724. The lowest BCUT2D eigenvalue weighted by Gasteiger charge is -2.19. The fraction of sp³-hybridized carbons (Fsp3) is 0.571. The molecule has 0 aliphatic rings. The Morgan fingerprint density at radius 3 is 2.35 bits per heavy atom. The summed E-state index contributed by atoms with van der Waals surface area (Å²) in [7, 11) is -3.40. The minimum atomic E-state index is -3.40. The van der Waals surface area contributed by atoms with Crippen LogP contribution < -0.4 is 10.0 Å². The summed E-state index contributed by atoms with van der Waals surface area (Å²) in [6.07, 6.45) is 0.964. The minimum Gasteiger partial charge on any atom is -0.315 e. The molecule has 1 aromatic rings. The van der Waals surface area contributed by atoms with Crippen molar-refractivity contribution in [2.75, 3.05) is 13.1 Å². The maximum atomic E-state index is 12.8. The molecule has 2 N–H and O–H groups in total. The van der Waals surface area contributed by atoms with Crippen molar-refractivity contribution in [3.8, 4) is 0 Å². The molecule has 114 valence electrons. The summed E-state index contributed by atoms with van der Waals surface area (Å²) in [6, 6.07) is 5.44. The maximum absolute atomic E-state index is 12.8. The van der Waals surface area contributed by atoms with Gasteiger partial charge in [-0.2, -0.15) is 0 Å². The van der Waals surface area contributed by atoms with Gasteiger partial charge in [0.15, 0.2) is 0 Å². The Balaban J connectivity index is 2.63. The zero-order valence-electron chi connectivity index (χ0n) is 12.2. The molecular weight excluding hydrogens is 279 g/mol. The molecule has 0 spiro atoms. The highest BCUT2D eigenvalue weighted by Crippen LogP contribution is 2.15. The predicted octanol–water partition coefficient (Wildman–Crippen LogP) is 2.19. The van der Waals surface area contributed by atoms with Gasteiger partial charge in [-0.25, -0.2) is 17.5 Å². The second kappa shape index (κ2) is 7.71. The van der Waals surface area contributed by atoms with E-state index in [1.165, 1.54) is 12.1 Å². The summed E-state index contributed by atoms with van der Waals surface area (Å²) in [5.74, 6) is -0.332. The molecule has 0 aromatic heterocycles. The van der Waals surface area contributed by atoms with E-state index in [4.69, 9.17) is 0 Å². The zero-order valence-corrected chi connectivity index (χ0v) is 13.0. The van der Waals surface area contributed by atoms with Gasteiger partial charge in [0.2, 0.25) is 10.0 Å². The topological polar surface area (TPSA) is 58.2 Å². The van der Waals surface area contributed by atoms with Gasteiger partial charge in [0.1, 0.15) is 5.82 Å². The van der Waals surface area contributed by atoms with E-state index in [0.29, 0.717) is 6.54 Å². The highest BCUT2D eigenvalue weighted by atomic mass is 32.2. The van der Waals surface area contributed by atoms with Crippen LogP contribution in [0.3, 0.4) is 0 Å². The molecule has 2 atom stereocenters. The summed E-state index contributed by atoms with van der Waals surface area (Å²) in [4.78, 5) is 0. The van der Waals surface area contributed by atoms with Crippen molar-refractivity contribution < 1.29 is 12.8 Å². The molecule has 2 unspecified atom stereocenters. The van der Waals surface area contributed by atoms with Gasteiger partial charge in [-0.3, -0.25) is 0 Å². The molecule has 4 nitrogen and oxygen atoms in total. The monoisotopic (exact) mass is 302 g/mol. The van der Waals surface area contributed by atoms with Crippen LogP contribution >= 0.6 is 0 Å². The molecule has 0 radical (unpaired) electrons. The van der Waals surface area contributed by atoms with Crippen LogP contribution in [0, 0.1) is 5.82 Å². The third kappa shape index (κ3) is 5.19. The van der Waals surface area contributed by atoms with Crippen LogP contribution in [0.4, 0.5) is 4.39 Å². The maximum Gasteiger partial charge on any atom is 0.216 e. The smallest absolute Gasteiger partial charge is 0.216 e. The van der Waals surface area contributed by atoms with Crippen LogP contribution in [0.15, 0.2) is 24.3 Å². The molecule has 0 aliphatic heterocycles. The average molecular weight is 302 g/mol. The molecule has 20 heavy (non-hydrogen) atoms. The van der Waals surface area contributed by atoms with Gasteiger partial charge >= 0.3 is 0 Å². The summed E-state index contributed by atoms with van der Waals surface area (Å²) in [5, 5.41) is 2.58. The summed E-state index contributed by atoms with van der Waals surface area (Å²) >= 11 is 0. The van der Waals surface area contributed by atoms with E-state index >= 15 is 0 Å². The van der Waals surface area contributed by atoms with E-state index in [0.717, 1.165) is 18.5 Å². The van der Waals surface area contributed by atoms with E-state index < -0.39 is 15.3 Å². The summed E-state index contributed by atoms with van der Waals surface area (Å²) in [6.45, 7) is 6.66. The lowest BCUT2D eigenvalue weighted by atomic mass is 10.1. The fourth-order valence-corrected chi connectivity index (χ4v) is 2.97. The molecule has 0 amide bonds. The van der Waals surface area contributed by atoms with Crippen LogP contribution in [0.25, 0.3) is 0 Å². The third-order valence-corrected chi connectivity index (χ3v) is 5.01. The highest BCUT2D eigenvalue weighted by molar-refractivity contribution is 7.90. The minimum absolute atomic E-state index is 0.332. The van der Waals surface area contributed by atoms with Gasteiger partial charge in [-0.05, 0) is 44.5 Å². The number of hydrogen-bond acceptors (Lipinski definition) is 3. The van der Waals surface area contributed by atoms with Crippen molar-refractivity contribution in [3.05, 3.63) is 35.6 Å². The van der Waals surface area contributed by atoms with Crippen molar-refractivity contribution in [3.63, 3.8) is 0 Å². The Kier molecular flexibility index (Phi) is 6.58. The number of sulfonamides is 1. The Hall–Kier alpha value is -0.980. The van der Waals surface area contributed by atoms with Crippen LogP contribution in [-0.2, 0) is 10.0 Å². The second-order valence-electron chi connectivity index (χ2n) is 4.95. The zero-order chi connectivity index (χ0) is 15.2. The van der Waals surface area contributed by atoms with Crippen molar-refractivity contribution in [1.82, 2.24) is 10.0 Å². The first-order valence-electron chi connectivity index (χ1n) is 6.84. The van der Waals surface area contributed by atoms with Gasteiger partial charge in [-0.1, -0.05) is 19.1 Å². The van der Waals surface area contributed by atoms with Crippen molar-refractivity contribution >= 4 is 10.0 Å². The van der Waals surface area contributed by atoms with E-state index in [-0.39, 0.29) is 11.9 Å². The molecule has 0 saturated carbocycles. The van der Waals surface area contributed by atoms with Crippen LogP contribution in [0.5, 0.6) is 0 Å². The molecule has 0 heterocycles. The predicted molar refractivity (Wildman–Crippen MR) is 79.5 cm³/mol. The SMILES string of the molecule is CCCNCC(C)S(=O)(=O)NC(C)c1ccc(F)cc1. The molecule has 1 rings (SSSR count). The van der Waals surface area contributed by atoms with Crippen molar-refractivity contribution in [1.29, 1.82) is 0 Å². The van der Waals surface area contributed by atoms with E-state index in [1.54, 1.807) is 26.0 Å². The Labute approximate surface area is 120 Å². The summed E-state index contributed by atoms with van der Waals surface area (Å²) in [5.41, 5.74) is 0.740. The first-order valence-corrected chi connectivity index (χ1v) is 8.38. The second-order valence-corrected chi connectivity index (χ2v) is 7.08. The van der Waals surface area contributed by atoms with Crippen LogP contribution in [0.1, 0.15) is 38.8 Å². The average Bonchev–Trinajstić information content (AvgIpc) is 2.39. The molecule has 0 aliphatic carbocycles. The van der Waals surface area contributed by atoms with E-state index in [9.17, 15) is 12.8 Å². The van der Waals surface area contributed by atoms with E-state index in [2.05, 4.69) is 10.0 Å². The van der Waals surface area contributed by atoms with Gasteiger partial charge in [0, 0.05) is 12.6 Å². The van der Waals surface area contributed by atoms with Crippen molar-refractivity contribution in [2.45, 2.75) is 38.5 Å². The Morgan fingerprint density at radius 1 is 1.20 bits per heavy atom. The molecule has 0 bridgehead atoms. The number of nitrogens with one attached hydrogen (secondary N) is 2. The Morgan fingerprint density at radius 2 is 1.80 bits per heavy atom. The molecule has 6 heteroatoms. The Bertz CT molecular complexity index is 502. The largest absolute Gasteiger partial charge is 0.315 e. The molecular formula is C14H23FN2O2S. The highest BCUT2D eigenvalue weighted by Gasteiger charge is 2.22. The summed E-state index contributed by atoms with van der Waals surface area (Å²) < 4.78 is 39.8. The van der Waals surface area contributed by atoms with Crippen molar-refractivity contribution in [2.24, 2.45) is 0 Å². The lowest BCUT2D eigenvalue weighted by Crippen LogP contribution is -2.40. The number of hydrogen-bond donors (Lipinski definition) is 2. The van der Waals surface area contributed by atoms with Gasteiger partial charge in [-0.15, -0.1) is 0 Å². The molecule has 0 saturated heterocycles. The van der Waals surface area contributed by atoms with Gasteiger partial charge in [0.05, 0.1) is 5.25 Å². The van der Waals surface area contributed by atoms with Gasteiger partial charge < -0.3 is 5.32 Å². The molecule has 1 aromatic carbocycles. The van der Waals surface area contributed by atoms with Gasteiger partial charge in [0.25, 0.3) is 0 Å². The lowest BCUT2D eigenvalue weighted by molar-refractivity contribution is 0.544. The standard InChI is InChI=1S/C14H23FN2O2S/c1-4-9-16-10-11(2)20(18,19)17-12(3)13-5-7-14(15)8-6-13/h5-8,11-12,16-17H,4,9-10H2,1-3H3. The number of benzene rings is 1. The van der Waals surface area contributed by atoms with Crippen LogP contribution in [0.2, 0.25) is 0 Å². The third-order valence-electron chi connectivity index (χ3n) is 3.10. The fourth-order valence-electron chi connectivity index (χ4n) is 1.77. The van der Waals surface area contributed by atoms with E-state index in [1.807, 2.05) is 6.92 Å². The normalized spacial score (nSPS) is 15.0. The number of rotatable bonds is 8. The van der Waals surface area contributed by atoms with Crippen LogP contribution in [-0.4, -0.2) is 26.8 Å². The molecule has 0 fully saturated rings. The first-order chi connectivity index (χ1) is 9.36. The number of halogens is 1. The first kappa shape index (κ1) is 17.1.